The van der Waals surface area contributed by atoms with Gasteiger partial charge >= 0.3 is 0 Å². The van der Waals surface area contributed by atoms with Crippen LogP contribution in [0.4, 0.5) is 5.69 Å². The molecule has 168 valence electrons. The van der Waals surface area contributed by atoms with Gasteiger partial charge in [-0.15, -0.1) is 0 Å². The van der Waals surface area contributed by atoms with Crippen molar-refractivity contribution in [2.45, 2.75) is 12.6 Å². The SMILES string of the molecule is CN1CC(C(=O)N2CCN(Cc3cccnc3)CC2)C2NN(c3ccccc3)C(=O)C2C1. The Balaban J connectivity index is 1.25. The van der Waals surface area contributed by atoms with E-state index >= 15 is 0 Å². The average Bonchev–Trinajstić information content (AvgIpc) is 3.16. The highest BCUT2D eigenvalue weighted by Gasteiger charge is 2.51. The Morgan fingerprint density at radius 3 is 2.56 bits per heavy atom. The van der Waals surface area contributed by atoms with Crippen LogP contribution in [0.15, 0.2) is 54.9 Å². The quantitative estimate of drug-likeness (QED) is 0.769. The number of amides is 2. The molecule has 1 aromatic carbocycles. The van der Waals surface area contributed by atoms with Gasteiger partial charge in [0.05, 0.1) is 23.6 Å². The molecule has 0 bridgehead atoms. The lowest BCUT2D eigenvalue weighted by molar-refractivity contribution is -0.141. The van der Waals surface area contributed by atoms with Gasteiger partial charge in [0, 0.05) is 58.2 Å². The largest absolute Gasteiger partial charge is 0.340 e. The molecule has 1 aromatic heterocycles. The summed E-state index contributed by atoms with van der Waals surface area (Å²) in [6.07, 6.45) is 3.69. The number of fused-ring (bicyclic) bond motifs is 1. The Bertz CT molecular complexity index is 947. The summed E-state index contributed by atoms with van der Waals surface area (Å²) in [7, 11) is 2.00. The number of rotatable bonds is 4. The summed E-state index contributed by atoms with van der Waals surface area (Å²) in [5.74, 6) is -0.245. The molecule has 3 saturated heterocycles. The number of piperidine rings is 1. The number of nitrogens with zero attached hydrogens (tertiary/aromatic N) is 5. The fourth-order valence-electron chi connectivity index (χ4n) is 5.17. The first kappa shape index (κ1) is 21.1. The van der Waals surface area contributed by atoms with Crippen LogP contribution in [-0.2, 0) is 16.1 Å². The number of carbonyl (C=O) groups is 2. The maximum Gasteiger partial charge on any atom is 0.247 e. The molecular weight excluding hydrogens is 404 g/mol. The monoisotopic (exact) mass is 434 g/mol. The second-order valence-corrected chi connectivity index (χ2v) is 9.06. The first-order chi connectivity index (χ1) is 15.6. The van der Waals surface area contributed by atoms with Crippen LogP contribution in [0.1, 0.15) is 5.56 Å². The highest BCUT2D eigenvalue weighted by atomic mass is 16.2. The molecule has 0 saturated carbocycles. The number of carbonyl (C=O) groups excluding carboxylic acids is 2. The van der Waals surface area contributed by atoms with Gasteiger partial charge in [-0.25, -0.2) is 10.4 Å². The number of piperazine rings is 1. The van der Waals surface area contributed by atoms with E-state index in [1.54, 1.807) is 11.2 Å². The molecule has 3 unspecified atom stereocenters. The number of pyridine rings is 1. The molecule has 3 aliphatic rings. The number of hydrazine groups is 1. The first-order valence-corrected chi connectivity index (χ1v) is 11.3. The molecule has 3 atom stereocenters. The van der Waals surface area contributed by atoms with Gasteiger partial charge in [0.2, 0.25) is 11.8 Å². The topological polar surface area (TPSA) is 72.0 Å². The standard InChI is InChI=1S/C24H30N6O2/c1-27-16-20(22-21(17-27)24(32)30(26-22)19-7-3-2-4-8-19)23(31)29-12-10-28(11-13-29)15-18-6-5-9-25-14-18/h2-9,14,20-22,26H,10-13,15-17H2,1H3. The summed E-state index contributed by atoms with van der Waals surface area (Å²) in [5, 5.41) is 1.64. The maximum absolute atomic E-state index is 13.6. The third-order valence-electron chi connectivity index (χ3n) is 6.84. The molecule has 8 nitrogen and oxygen atoms in total. The second-order valence-electron chi connectivity index (χ2n) is 9.06. The van der Waals surface area contributed by atoms with Crippen molar-refractivity contribution in [3.05, 3.63) is 60.4 Å². The van der Waals surface area contributed by atoms with Crippen molar-refractivity contribution in [1.29, 1.82) is 0 Å². The molecule has 2 amide bonds. The van der Waals surface area contributed by atoms with E-state index in [0.717, 1.165) is 25.3 Å². The first-order valence-electron chi connectivity index (χ1n) is 11.3. The lowest BCUT2D eigenvalue weighted by Gasteiger charge is -2.41. The van der Waals surface area contributed by atoms with E-state index < -0.39 is 0 Å². The zero-order valence-electron chi connectivity index (χ0n) is 18.4. The smallest absolute Gasteiger partial charge is 0.247 e. The Hall–Kier alpha value is -2.81. The predicted octanol–water partition coefficient (Wildman–Crippen LogP) is 0.824. The van der Waals surface area contributed by atoms with E-state index in [2.05, 4.69) is 26.3 Å². The van der Waals surface area contributed by atoms with E-state index in [4.69, 9.17) is 0 Å². The molecule has 8 heteroatoms. The van der Waals surface area contributed by atoms with Gasteiger partial charge in [-0.1, -0.05) is 24.3 Å². The number of nitrogens with one attached hydrogen (secondary N) is 1. The van der Waals surface area contributed by atoms with E-state index in [9.17, 15) is 9.59 Å². The van der Waals surface area contributed by atoms with E-state index in [1.807, 2.05) is 54.5 Å². The lowest BCUT2D eigenvalue weighted by Crippen LogP contribution is -2.59. The number of aromatic nitrogens is 1. The Morgan fingerprint density at radius 2 is 1.84 bits per heavy atom. The predicted molar refractivity (Wildman–Crippen MR) is 121 cm³/mol. The van der Waals surface area contributed by atoms with Gasteiger partial charge in [0.15, 0.2) is 0 Å². The van der Waals surface area contributed by atoms with Crippen molar-refractivity contribution in [3.8, 4) is 0 Å². The van der Waals surface area contributed by atoms with Crippen LogP contribution in [0.25, 0.3) is 0 Å². The summed E-state index contributed by atoms with van der Waals surface area (Å²) < 4.78 is 0. The van der Waals surface area contributed by atoms with Gasteiger partial charge in [-0.2, -0.15) is 0 Å². The average molecular weight is 435 g/mol. The Kier molecular flexibility index (Phi) is 5.91. The maximum atomic E-state index is 13.6. The van der Waals surface area contributed by atoms with Crippen molar-refractivity contribution in [3.63, 3.8) is 0 Å². The molecule has 3 aliphatic heterocycles. The zero-order valence-corrected chi connectivity index (χ0v) is 18.4. The summed E-state index contributed by atoms with van der Waals surface area (Å²) in [4.78, 5) is 37.4. The second kappa shape index (κ2) is 8.97. The van der Waals surface area contributed by atoms with Crippen LogP contribution in [0.5, 0.6) is 0 Å². The highest BCUT2D eigenvalue weighted by molar-refractivity contribution is 5.98. The Labute approximate surface area is 188 Å². The number of hydrogen-bond donors (Lipinski definition) is 1. The molecular formula is C24H30N6O2. The van der Waals surface area contributed by atoms with Gasteiger partial charge in [-0.3, -0.25) is 19.5 Å². The van der Waals surface area contributed by atoms with Gasteiger partial charge in [-0.05, 0) is 30.8 Å². The number of para-hydroxylation sites is 1. The molecule has 0 aliphatic carbocycles. The Morgan fingerprint density at radius 1 is 1.06 bits per heavy atom. The fraction of sp³-hybridized carbons (Fsp3) is 0.458. The summed E-state index contributed by atoms with van der Waals surface area (Å²) in [6.45, 7) is 5.32. The van der Waals surface area contributed by atoms with E-state index in [0.29, 0.717) is 26.2 Å². The van der Waals surface area contributed by atoms with Crippen LogP contribution in [0.3, 0.4) is 0 Å². The van der Waals surface area contributed by atoms with Crippen molar-refractivity contribution in [2.24, 2.45) is 11.8 Å². The van der Waals surface area contributed by atoms with Gasteiger partial charge in [0.1, 0.15) is 0 Å². The van der Waals surface area contributed by atoms with Crippen LogP contribution in [0, 0.1) is 11.8 Å². The zero-order chi connectivity index (χ0) is 22.1. The molecule has 1 N–H and O–H groups in total. The van der Waals surface area contributed by atoms with Gasteiger partial charge < -0.3 is 9.80 Å². The molecule has 0 spiro atoms. The van der Waals surface area contributed by atoms with Gasteiger partial charge in [0.25, 0.3) is 0 Å². The minimum absolute atomic E-state index is 0.0480. The van der Waals surface area contributed by atoms with E-state index in [-0.39, 0.29) is 29.7 Å². The summed E-state index contributed by atoms with van der Waals surface area (Å²) in [6, 6.07) is 13.5. The molecule has 5 rings (SSSR count). The molecule has 3 fully saturated rings. The number of anilines is 1. The highest BCUT2D eigenvalue weighted by Crippen LogP contribution is 2.32. The lowest BCUT2D eigenvalue weighted by atomic mass is 9.84. The fourth-order valence-corrected chi connectivity index (χ4v) is 5.17. The van der Waals surface area contributed by atoms with Crippen molar-refractivity contribution in [1.82, 2.24) is 25.1 Å². The molecule has 4 heterocycles. The number of hydrogen-bond acceptors (Lipinski definition) is 6. The summed E-state index contributed by atoms with van der Waals surface area (Å²) in [5.41, 5.74) is 5.40. The van der Waals surface area contributed by atoms with Crippen LogP contribution in [-0.4, -0.2) is 83.9 Å². The van der Waals surface area contributed by atoms with Crippen molar-refractivity contribution in [2.75, 3.05) is 51.3 Å². The molecule has 32 heavy (non-hydrogen) atoms. The van der Waals surface area contributed by atoms with Crippen molar-refractivity contribution >= 4 is 17.5 Å². The minimum atomic E-state index is -0.235. The molecule has 0 radical (unpaired) electrons. The summed E-state index contributed by atoms with van der Waals surface area (Å²) >= 11 is 0. The number of likely N-dealkylation sites (tertiary alicyclic amines) is 1. The van der Waals surface area contributed by atoms with Crippen LogP contribution in [0.2, 0.25) is 0 Å². The van der Waals surface area contributed by atoms with Crippen molar-refractivity contribution < 1.29 is 9.59 Å². The normalized spacial score (nSPS) is 26.9. The number of benzene rings is 1. The van der Waals surface area contributed by atoms with Crippen LogP contribution >= 0.6 is 0 Å². The minimum Gasteiger partial charge on any atom is -0.340 e. The molecule has 2 aromatic rings. The van der Waals surface area contributed by atoms with E-state index in [1.165, 1.54) is 5.56 Å². The third-order valence-corrected chi connectivity index (χ3v) is 6.84. The third kappa shape index (κ3) is 4.13. The van der Waals surface area contributed by atoms with Crippen LogP contribution < -0.4 is 10.4 Å².